The van der Waals surface area contributed by atoms with Crippen LogP contribution < -0.4 is 0 Å². The fraction of sp³-hybridized carbons (Fsp3) is 0.923. The van der Waals surface area contributed by atoms with Crippen molar-refractivity contribution in [1.82, 2.24) is 0 Å². The molecule has 0 aromatic carbocycles. The van der Waals surface area contributed by atoms with Crippen molar-refractivity contribution < 1.29 is 33.6 Å². The molecule has 0 aliphatic rings. The van der Waals surface area contributed by atoms with E-state index in [1.54, 1.807) is 0 Å². The van der Waals surface area contributed by atoms with E-state index in [1.165, 1.54) is 0 Å². The van der Waals surface area contributed by atoms with Crippen molar-refractivity contribution >= 4 is 17.6 Å². The summed E-state index contributed by atoms with van der Waals surface area (Å²) in [5.74, 6) is -0.370. The maximum atomic E-state index is 10.2. The molecule has 0 fully saturated rings. The van der Waals surface area contributed by atoms with Gasteiger partial charge in [-0.25, -0.2) is 0 Å². The third-order valence-electron chi connectivity index (χ3n) is 2.17. The van der Waals surface area contributed by atoms with Gasteiger partial charge in [0.05, 0.1) is 72.5 Å². The van der Waals surface area contributed by atoms with Crippen LogP contribution in [0.25, 0.3) is 0 Å². The van der Waals surface area contributed by atoms with E-state index in [0.717, 1.165) is 0 Å². The van der Waals surface area contributed by atoms with Gasteiger partial charge in [-0.05, 0) is 0 Å². The molecule has 0 spiro atoms. The summed E-state index contributed by atoms with van der Waals surface area (Å²) in [4.78, 5) is 10.2. The van der Waals surface area contributed by atoms with Gasteiger partial charge in [-0.2, -0.15) is 0 Å². The van der Waals surface area contributed by atoms with E-state index in [0.29, 0.717) is 65.3 Å². The van der Waals surface area contributed by atoms with Gasteiger partial charge in [0.15, 0.2) is 0 Å². The Morgan fingerprint density at radius 1 is 0.667 bits per heavy atom. The van der Waals surface area contributed by atoms with E-state index < -0.39 is 5.97 Å². The van der Waals surface area contributed by atoms with Gasteiger partial charge in [0.25, 0.3) is 0 Å². The van der Waals surface area contributed by atoms with Crippen LogP contribution in [0.2, 0.25) is 0 Å². The Labute approximate surface area is 130 Å². The molecule has 0 atom stereocenters. The Balaban J connectivity index is 2.95. The van der Waals surface area contributed by atoms with Gasteiger partial charge in [0, 0.05) is 5.88 Å². The van der Waals surface area contributed by atoms with E-state index >= 15 is 0 Å². The number of halogens is 1. The third-order valence-corrected chi connectivity index (χ3v) is 2.32. The molecule has 0 aliphatic heterocycles. The summed E-state index contributed by atoms with van der Waals surface area (Å²) in [6, 6.07) is 0. The van der Waals surface area contributed by atoms with Crippen LogP contribution in [-0.4, -0.2) is 83.0 Å². The lowest BCUT2D eigenvalue weighted by molar-refractivity contribution is -0.138. The predicted molar refractivity (Wildman–Crippen MR) is 77.1 cm³/mol. The minimum Gasteiger partial charge on any atom is -0.481 e. The second kappa shape index (κ2) is 17.6. The Morgan fingerprint density at radius 3 is 1.33 bits per heavy atom. The molecule has 0 aromatic heterocycles. The van der Waals surface area contributed by atoms with E-state index in [1.807, 2.05) is 0 Å². The first-order valence-corrected chi connectivity index (χ1v) is 7.47. The molecule has 7 nitrogen and oxygen atoms in total. The molecule has 0 unspecified atom stereocenters. The summed E-state index contributed by atoms with van der Waals surface area (Å²) in [6.45, 7) is 4.62. The van der Waals surface area contributed by atoms with Crippen molar-refractivity contribution in [3.05, 3.63) is 0 Å². The maximum absolute atomic E-state index is 10.2. The fourth-order valence-corrected chi connectivity index (χ4v) is 1.30. The van der Waals surface area contributed by atoms with Gasteiger partial charge in [-0.3, -0.25) is 4.79 Å². The van der Waals surface area contributed by atoms with Crippen LogP contribution in [0, 0.1) is 0 Å². The smallest absolute Gasteiger partial charge is 0.305 e. The van der Waals surface area contributed by atoms with Crippen LogP contribution in [-0.2, 0) is 28.5 Å². The SMILES string of the molecule is O=C(O)CCOCCOCCOCCOCCOCCCl. The lowest BCUT2D eigenvalue weighted by atomic mass is 10.5. The molecule has 0 saturated heterocycles. The van der Waals surface area contributed by atoms with Gasteiger partial charge in [0.2, 0.25) is 0 Å². The molecule has 126 valence electrons. The quantitative estimate of drug-likeness (QED) is 0.312. The van der Waals surface area contributed by atoms with Gasteiger partial charge < -0.3 is 28.8 Å². The molecule has 0 bridgehead atoms. The zero-order valence-corrected chi connectivity index (χ0v) is 13.0. The zero-order valence-electron chi connectivity index (χ0n) is 12.3. The van der Waals surface area contributed by atoms with E-state index in [4.69, 9.17) is 40.4 Å². The highest BCUT2D eigenvalue weighted by Gasteiger charge is 1.96. The summed E-state index contributed by atoms with van der Waals surface area (Å²) in [7, 11) is 0. The van der Waals surface area contributed by atoms with Crippen LogP contribution in [0.1, 0.15) is 6.42 Å². The number of hydrogen-bond donors (Lipinski definition) is 1. The predicted octanol–water partition coefficient (Wildman–Crippen LogP) is 0.783. The van der Waals surface area contributed by atoms with Crippen LogP contribution in [0.4, 0.5) is 0 Å². The number of ether oxygens (including phenoxy) is 5. The number of carbonyl (C=O) groups is 1. The Bertz CT molecular complexity index is 229. The third kappa shape index (κ3) is 19.6. The highest BCUT2D eigenvalue weighted by atomic mass is 35.5. The highest BCUT2D eigenvalue weighted by molar-refractivity contribution is 6.17. The molecule has 8 heteroatoms. The van der Waals surface area contributed by atoms with Gasteiger partial charge in [-0.1, -0.05) is 0 Å². The van der Waals surface area contributed by atoms with Gasteiger partial charge in [-0.15, -0.1) is 11.6 Å². The van der Waals surface area contributed by atoms with Crippen molar-refractivity contribution in [3.63, 3.8) is 0 Å². The standard InChI is InChI=1S/C13H25ClO7/c14-2-4-18-6-8-20-10-12-21-11-9-19-7-5-17-3-1-13(15)16/h1-12H2,(H,15,16). The molecule has 0 saturated carbocycles. The van der Waals surface area contributed by atoms with Crippen LogP contribution >= 0.6 is 11.6 Å². The topological polar surface area (TPSA) is 83.5 Å². The van der Waals surface area contributed by atoms with E-state index in [2.05, 4.69) is 0 Å². The Kier molecular flexibility index (Phi) is 17.2. The molecule has 0 rings (SSSR count). The van der Waals surface area contributed by atoms with Crippen LogP contribution in [0.5, 0.6) is 0 Å². The second-order valence-electron chi connectivity index (χ2n) is 3.89. The fourth-order valence-electron chi connectivity index (χ4n) is 1.20. The molecule has 21 heavy (non-hydrogen) atoms. The summed E-state index contributed by atoms with van der Waals surface area (Å²) >= 11 is 5.44. The minimum absolute atomic E-state index is 0.0139. The molecule has 1 N–H and O–H groups in total. The number of alkyl halides is 1. The molecule has 0 aliphatic carbocycles. The molecular weight excluding hydrogens is 304 g/mol. The molecule has 0 amide bonds. The average molecular weight is 329 g/mol. The van der Waals surface area contributed by atoms with Gasteiger partial charge >= 0.3 is 5.97 Å². The summed E-state index contributed by atoms with van der Waals surface area (Å²) in [5.41, 5.74) is 0. The minimum atomic E-state index is -0.864. The largest absolute Gasteiger partial charge is 0.481 e. The Morgan fingerprint density at radius 2 is 1.00 bits per heavy atom. The molecular formula is C13H25ClO7. The average Bonchev–Trinajstić information content (AvgIpc) is 2.46. The second-order valence-corrected chi connectivity index (χ2v) is 4.27. The summed E-state index contributed by atoms with van der Waals surface area (Å²) in [6.07, 6.45) is 0.0139. The van der Waals surface area contributed by atoms with Crippen LogP contribution in [0.3, 0.4) is 0 Å². The summed E-state index contributed by atoms with van der Waals surface area (Å²) < 4.78 is 26.0. The number of aliphatic carboxylic acids is 1. The highest BCUT2D eigenvalue weighted by Crippen LogP contribution is 1.86. The van der Waals surface area contributed by atoms with Crippen molar-refractivity contribution in [2.24, 2.45) is 0 Å². The Hall–Kier alpha value is -0.440. The zero-order chi connectivity index (χ0) is 15.6. The normalized spacial score (nSPS) is 10.9. The number of hydrogen-bond acceptors (Lipinski definition) is 6. The monoisotopic (exact) mass is 328 g/mol. The van der Waals surface area contributed by atoms with Crippen molar-refractivity contribution in [1.29, 1.82) is 0 Å². The number of carboxylic acids is 1. The van der Waals surface area contributed by atoms with Crippen molar-refractivity contribution in [2.75, 3.05) is 71.9 Å². The lowest BCUT2D eigenvalue weighted by Crippen LogP contribution is -2.13. The molecule has 0 heterocycles. The molecule has 0 radical (unpaired) electrons. The maximum Gasteiger partial charge on any atom is 0.305 e. The first kappa shape index (κ1) is 20.6. The van der Waals surface area contributed by atoms with Crippen molar-refractivity contribution in [2.45, 2.75) is 6.42 Å². The first-order chi connectivity index (χ1) is 10.3. The van der Waals surface area contributed by atoms with E-state index in [9.17, 15) is 4.79 Å². The van der Waals surface area contributed by atoms with Gasteiger partial charge in [0.1, 0.15) is 0 Å². The summed E-state index contributed by atoms with van der Waals surface area (Å²) in [5, 5.41) is 8.38. The van der Waals surface area contributed by atoms with Crippen LogP contribution in [0.15, 0.2) is 0 Å². The van der Waals surface area contributed by atoms with Crippen molar-refractivity contribution in [3.8, 4) is 0 Å². The number of rotatable bonds is 17. The van der Waals surface area contributed by atoms with E-state index in [-0.39, 0.29) is 13.0 Å². The number of carboxylic acid groups (broad SMARTS) is 1. The lowest BCUT2D eigenvalue weighted by Gasteiger charge is -2.07. The molecule has 0 aromatic rings. The first-order valence-electron chi connectivity index (χ1n) is 6.94.